The maximum atomic E-state index is 11.4. The van der Waals surface area contributed by atoms with Gasteiger partial charge in [0.2, 0.25) is 0 Å². The smallest absolute Gasteiger partial charge is 0.342 e. The lowest BCUT2D eigenvalue weighted by Gasteiger charge is -2.17. The maximum absolute atomic E-state index is 11.4. The Bertz CT molecular complexity index is 395. The topological polar surface area (TPSA) is 75.1 Å². The van der Waals surface area contributed by atoms with E-state index in [0.29, 0.717) is 6.54 Å². The molecule has 0 unspecified atom stereocenters. The molecule has 0 saturated carbocycles. The molecule has 2 N–H and O–H groups in total. The Kier molecular flexibility index (Phi) is 2.51. The van der Waals surface area contributed by atoms with Crippen LogP contribution in [0.2, 0.25) is 0 Å². The van der Waals surface area contributed by atoms with Crippen molar-refractivity contribution < 1.29 is 9.90 Å². The first kappa shape index (κ1) is 10.6. The molecule has 0 spiro atoms. The van der Waals surface area contributed by atoms with Crippen molar-refractivity contribution in [2.45, 2.75) is 27.3 Å². The fraction of sp³-hybridized carbons (Fsp3) is 0.556. The van der Waals surface area contributed by atoms with Gasteiger partial charge in [0.15, 0.2) is 0 Å². The monoisotopic (exact) mass is 198 g/mol. The van der Waals surface area contributed by atoms with E-state index in [2.05, 4.69) is 5.10 Å². The van der Waals surface area contributed by atoms with Crippen molar-refractivity contribution in [3.63, 3.8) is 0 Å². The van der Waals surface area contributed by atoms with Crippen LogP contribution >= 0.6 is 0 Å². The fourth-order valence-electron chi connectivity index (χ4n) is 1.15. The lowest BCUT2D eigenvalue weighted by Crippen LogP contribution is -2.27. The van der Waals surface area contributed by atoms with Gasteiger partial charge in [0.05, 0.1) is 0 Å². The predicted octanol–water partition coefficient (Wildman–Crippen LogP) is 0.921. The summed E-state index contributed by atoms with van der Waals surface area (Å²) in [5, 5.41) is 11.3. The summed E-state index contributed by atoms with van der Waals surface area (Å²) in [4.78, 5) is 22.0. The number of aromatic nitrogens is 2. The van der Waals surface area contributed by atoms with Crippen molar-refractivity contribution in [2.24, 2.45) is 5.41 Å². The quantitative estimate of drug-likeness (QED) is 0.742. The van der Waals surface area contributed by atoms with Crippen molar-refractivity contribution >= 4 is 5.97 Å². The first-order valence-electron chi connectivity index (χ1n) is 4.33. The molecule has 1 heterocycles. The average Bonchev–Trinajstić information content (AvgIpc) is 2.29. The fourth-order valence-corrected chi connectivity index (χ4v) is 1.15. The molecule has 0 saturated heterocycles. The van der Waals surface area contributed by atoms with Gasteiger partial charge in [-0.3, -0.25) is 9.48 Å². The van der Waals surface area contributed by atoms with Crippen LogP contribution in [0.5, 0.6) is 0 Å². The summed E-state index contributed by atoms with van der Waals surface area (Å²) in [6.07, 6.45) is 1.22. The zero-order valence-electron chi connectivity index (χ0n) is 8.50. The maximum Gasteiger partial charge on any atom is 0.342 e. The van der Waals surface area contributed by atoms with Gasteiger partial charge in [0.1, 0.15) is 5.56 Å². The number of rotatable bonds is 2. The standard InChI is InChI=1S/C9H14N2O3/c1-9(2,3)5-11-7(12)6(4-10-11)8(13)14/h4,10H,5H2,1-3H3,(H,13,14). The minimum absolute atomic E-state index is 0.0650. The third-order valence-corrected chi connectivity index (χ3v) is 1.70. The summed E-state index contributed by atoms with van der Waals surface area (Å²) in [6.45, 7) is 6.39. The first-order chi connectivity index (χ1) is 6.31. The molecule has 0 bridgehead atoms. The molecule has 0 fully saturated rings. The molecule has 5 heteroatoms. The molecule has 0 atom stereocenters. The van der Waals surface area contributed by atoms with E-state index in [-0.39, 0.29) is 11.0 Å². The summed E-state index contributed by atoms with van der Waals surface area (Å²) in [5.74, 6) is -1.20. The number of aromatic amines is 1. The molecular formula is C9H14N2O3. The van der Waals surface area contributed by atoms with Crippen LogP contribution in [-0.4, -0.2) is 20.9 Å². The summed E-state index contributed by atoms with van der Waals surface area (Å²) < 4.78 is 1.31. The van der Waals surface area contributed by atoms with E-state index in [4.69, 9.17) is 5.11 Å². The predicted molar refractivity (Wildman–Crippen MR) is 51.5 cm³/mol. The van der Waals surface area contributed by atoms with Crippen LogP contribution in [0.15, 0.2) is 11.0 Å². The van der Waals surface area contributed by atoms with Gasteiger partial charge in [-0.25, -0.2) is 4.79 Å². The van der Waals surface area contributed by atoms with Gasteiger partial charge in [-0.2, -0.15) is 0 Å². The minimum atomic E-state index is -1.20. The molecule has 1 aromatic heterocycles. The number of H-pyrrole nitrogens is 1. The average molecular weight is 198 g/mol. The minimum Gasteiger partial charge on any atom is -0.477 e. The number of nitrogens with one attached hydrogen (secondary N) is 1. The normalized spacial score (nSPS) is 11.6. The molecule has 0 aliphatic rings. The van der Waals surface area contributed by atoms with E-state index >= 15 is 0 Å². The van der Waals surface area contributed by atoms with Crippen LogP contribution in [0.4, 0.5) is 0 Å². The zero-order valence-corrected chi connectivity index (χ0v) is 8.50. The van der Waals surface area contributed by atoms with Crippen molar-refractivity contribution in [2.75, 3.05) is 0 Å². The number of nitrogens with zero attached hydrogens (tertiary/aromatic N) is 1. The van der Waals surface area contributed by atoms with E-state index in [9.17, 15) is 9.59 Å². The number of carboxylic acids is 1. The number of hydrogen-bond acceptors (Lipinski definition) is 2. The van der Waals surface area contributed by atoms with E-state index < -0.39 is 11.5 Å². The van der Waals surface area contributed by atoms with Crippen molar-refractivity contribution in [3.8, 4) is 0 Å². The number of hydrogen-bond donors (Lipinski definition) is 2. The molecule has 0 aliphatic carbocycles. The van der Waals surface area contributed by atoms with Gasteiger partial charge >= 0.3 is 5.97 Å². The Hall–Kier alpha value is -1.52. The summed E-state index contributed by atoms with van der Waals surface area (Å²) >= 11 is 0. The van der Waals surface area contributed by atoms with Crippen molar-refractivity contribution in [3.05, 3.63) is 22.1 Å². The van der Waals surface area contributed by atoms with Gasteiger partial charge in [-0.15, -0.1) is 0 Å². The molecule has 0 aliphatic heterocycles. The Labute approximate surface area is 81.3 Å². The van der Waals surface area contributed by atoms with Crippen molar-refractivity contribution in [1.82, 2.24) is 9.78 Å². The van der Waals surface area contributed by atoms with E-state index in [1.165, 1.54) is 10.9 Å². The van der Waals surface area contributed by atoms with Crippen LogP contribution in [0.1, 0.15) is 31.1 Å². The lowest BCUT2D eigenvalue weighted by molar-refractivity contribution is 0.0695. The zero-order chi connectivity index (χ0) is 10.9. The molecule has 14 heavy (non-hydrogen) atoms. The molecule has 0 radical (unpaired) electrons. The van der Waals surface area contributed by atoms with Crippen molar-refractivity contribution in [1.29, 1.82) is 0 Å². The third-order valence-electron chi connectivity index (χ3n) is 1.70. The molecule has 0 amide bonds. The molecule has 5 nitrogen and oxygen atoms in total. The van der Waals surface area contributed by atoms with E-state index in [0.717, 1.165) is 0 Å². The number of carbonyl (C=O) groups is 1. The molecule has 0 aromatic carbocycles. The van der Waals surface area contributed by atoms with Crippen LogP contribution in [0.3, 0.4) is 0 Å². The Balaban J connectivity index is 3.03. The molecule has 78 valence electrons. The van der Waals surface area contributed by atoms with Gasteiger partial charge in [0.25, 0.3) is 5.56 Å². The number of aromatic carboxylic acids is 1. The van der Waals surface area contributed by atoms with E-state index in [1.807, 2.05) is 20.8 Å². The van der Waals surface area contributed by atoms with Crippen LogP contribution in [0, 0.1) is 5.41 Å². The molecule has 1 rings (SSSR count). The third kappa shape index (κ3) is 2.25. The molecular weight excluding hydrogens is 184 g/mol. The number of carboxylic acid groups (broad SMARTS) is 1. The summed E-state index contributed by atoms with van der Waals surface area (Å²) in [7, 11) is 0. The van der Waals surface area contributed by atoms with Crippen LogP contribution < -0.4 is 5.56 Å². The second-order valence-corrected chi connectivity index (χ2v) is 4.44. The summed E-state index contributed by atoms with van der Waals surface area (Å²) in [5.41, 5.74) is -0.758. The highest BCUT2D eigenvalue weighted by Gasteiger charge is 2.17. The van der Waals surface area contributed by atoms with Crippen LogP contribution in [-0.2, 0) is 6.54 Å². The Morgan fingerprint density at radius 1 is 1.57 bits per heavy atom. The second-order valence-electron chi connectivity index (χ2n) is 4.44. The Morgan fingerprint density at radius 2 is 2.14 bits per heavy atom. The Morgan fingerprint density at radius 3 is 2.50 bits per heavy atom. The highest BCUT2D eigenvalue weighted by atomic mass is 16.4. The van der Waals surface area contributed by atoms with Gasteiger partial charge < -0.3 is 10.2 Å². The highest BCUT2D eigenvalue weighted by molar-refractivity contribution is 5.86. The second kappa shape index (κ2) is 3.32. The van der Waals surface area contributed by atoms with E-state index in [1.54, 1.807) is 0 Å². The van der Waals surface area contributed by atoms with Crippen LogP contribution in [0.25, 0.3) is 0 Å². The lowest BCUT2D eigenvalue weighted by atomic mass is 9.97. The molecule has 1 aromatic rings. The van der Waals surface area contributed by atoms with Gasteiger partial charge in [-0.1, -0.05) is 20.8 Å². The SMILES string of the molecule is CC(C)(C)Cn1[nH]cc(C(=O)O)c1=O. The largest absolute Gasteiger partial charge is 0.477 e. The first-order valence-corrected chi connectivity index (χ1v) is 4.33. The van der Waals surface area contributed by atoms with Gasteiger partial charge in [-0.05, 0) is 5.41 Å². The van der Waals surface area contributed by atoms with Gasteiger partial charge in [0, 0.05) is 12.7 Å². The summed E-state index contributed by atoms with van der Waals surface area (Å²) in [6, 6.07) is 0. The highest BCUT2D eigenvalue weighted by Crippen LogP contribution is 2.14.